The Kier molecular flexibility index (Phi) is 2.44. The van der Waals surface area contributed by atoms with Crippen molar-refractivity contribution >= 4 is 22.6 Å². The molecule has 0 spiro atoms. The normalized spacial score (nSPS) is 13.4. The lowest BCUT2D eigenvalue weighted by molar-refractivity contribution is 0.827. The van der Waals surface area contributed by atoms with Crippen molar-refractivity contribution in [3.63, 3.8) is 0 Å². The lowest BCUT2D eigenvalue weighted by atomic mass is 10.1. The van der Waals surface area contributed by atoms with Gasteiger partial charge in [-0.2, -0.15) is 0 Å². The van der Waals surface area contributed by atoms with Crippen molar-refractivity contribution in [1.29, 1.82) is 0 Å². The molecule has 1 aromatic heterocycles. The molecule has 3 nitrogen and oxygen atoms in total. The number of aryl methyl sites for hydroxylation is 1. The summed E-state index contributed by atoms with van der Waals surface area (Å²) in [5, 5.41) is 0. The van der Waals surface area contributed by atoms with Crippen LogP contribution in [0.1, 0.15) is 11.6 Å². The molecule has 0 saturated heterocycles. The zero-order valence-corrected chi connectivity index (χ0v) is 8.70. The Balaban J connectivity index is 2.52. The summed E-state index contributed by atoms with van der Waals surface area (Å²) >= 11 is 5.69. The Bertz CT molecular complexity index is 450. The number of hydrogen-bond acceptors (Lipinski definition) is 2. The van der Waals surface area contributed by atoms with Crippen molar-refractivity contribution in [3.05, 3.63) is 30.1 Å². The van der Waals surface area contributed by atoms with Gasteiger partial charge < -0.3 is 10.3 Å². The van der Waals surface area contributed by atoms with Crippen LogP contribution in [0.15, 0.2) is 24.5 Å². The van der Waals surface area contributed by atoms with Gasteiger partial charge in [-0.05, 0) is 17.7 Å². The van der Waals surface area contributed by atoms with Crippen LogP contribution in [0, 0.1) is 0 Å². The zero-order chi connectivity index (χ0) is 10.1. The van der Waals surface area contributed by atoms with Gasteiger partial charge in [-0.25, -0.2) is 4.98 Å². The molecule has 0 aliphatic carbocycles. The quantitative estimate of drug-likeness (QED) is 0.767. The molecule has 0 amide bonds. The minimum atomic E-state index is -0.108. The Morgan fingerprint density at radius 1 is 1.57 bits per heavy atom. The minimum absolute atomic E-state index is 0.108. The standard InChI is InChI=1S/C10H12ClN3/c1-14-6-13-9-4-7(8(12)5-11)2-3-10(9)14/h2-4,6,8H,5,12H2,1H3. The molecule has 2 N–H and O–H groups in total. The second kappa shape index (κ2) is 3.59. The highest BCUT2D eigenvalue weighted by molar-refractivity contribution is 6.18. The fourth-order valence-corrected chi connectivity index (χ4v) is 1.65. The molecule has 1 unspecified atom stereocenters. The summed E-state index contributed by atoms with van der Waals surface area (Å²) < 4.78 is 1.98. The molecule has 1 atom stereocenters. The van der Waals surface area contributed by atoms with Gasteiger partial charge in [-0.15, -0.1) is 11.6 Å². The molecular weight excluding hydrogens is 198 g/mol. The van der Waals surface area contributed by atoms with Crippen molar-refractivity contribution in [1.82, 2.24) is 9.55 Å². The highest BCUT2D eigenvalue weighted by Crippen LogP contribution is 2.18. The average Bonchev–Trinajstić information content (AvgIpc) is 2.59. The molecule has 0 radical (unpaired) electrons. The highest BCUT2D eigenvalue weighted by Gasteiger charge is 2.06. The highest BCUT2D eigenvalue weighted by atomic mass is 35.5. The van der Waals surface area contributed by atoms with E-state index in [0.29, 0.717) is 5.88 Å². The average molecular weight is 210 g/mol. The van der Waals surface area contributed by atoms with E-state index in [-0.39, 0.29) is 6.04 Å². The van der Waals surface area contributed by atoms with Gasteiger partial charge in [0.2, 0.25) is 0 Å². The molecule has 14 heavy (non-hydrogen) atoms. The molecule has 0 aliphatic rings. The van der Waals surface area contributed by atoms with E-state index in [2.05, 4.69) is 4.98 Å². The van der Waals surface area contributed by atoms with E-state index in [9.17, 15) is 0 Å². The Morgan fingerprint density at radius 3 is 3.07 bits per heavy atom. The van der Waals surface area contributed by atoms with Gasteiger partial charge in [0.15, 0.2) is 0 Å². The first-order valence-corrected chi connectivity index (χ1v) is 4.98. The van der Waals surface area contributed by atoms with E-state index in [1.54, 1.807) is 6.33 Å². The lowest BCUT2D eigenvalue weighted by Gasteiger charge is -2.07. The van der Waals surface area contributed by atoms with Gasteiger partial charge in [0.05, 0.1) is 17.4 Å². The topological polar surface area (TPSA) is 43.8 Å². The number of rotatable bonds is 2. The first kappa shape index (κ1) is 9.49. The van der Waals surface area contributed by atoms with E-state index in [0.717, 1.165) is 16.6 Å². The van der Waals surface area contributed by atoms with Crippen LogP contribution in [0.25, 0.3) is 11.0 Å². The second-order valence-electron chi connectivity index (χ2n) is 3.36. The number of imidazole rings is 1. The number of halogens is 1. The maximum Gasteiger partial charge on any atom is 0.0955 e. The van der Waals surface area contributed by atoms with Crippen LogP contribution in [0.2, 0.25) is 0 Å². The number of aromatic nitrogens is 2. The molecule has 1 aromatic carbocycles. The predicted molar refractivity (Wildman–Crippen MR) is 58.4 cm³/mol. The van der Waals surface area contributed by atoms with Gasteiger partial charge in [0.1, 0.15) is 0 Å². The number of nitrogens with two attached hydrogens (primary N) is 1. The lowest BCUT2D eigenvalue weighted by Crippen LogP contribution is -2.11. The largest absolute Gasteiger partial charge is 0.334 e. The third kappa shape index (κ3) is 1.49. The molecule has 0 aliphatic heterocycles. The minimum Gasteiger partial charge on any atom is -0.334 e. The van der Waals surface area contributed by atoms with Crippen LogP contribution in [0.4, 0.5) is 0 Å². The SMILES string of the molecule is Cn1cnc2cc(C(N)CCl)ccc21. The summed E-state index contributed by atoms with van der Waals surface area (Å²) in [6.45, 7) is 0. The Labute approximate surface area is 87.5 Å². The van der Waals surface area contributed by atoms with Crippen molar-refractivity contribution in [2.75, 3.05) is 5.88 Å². The maximum atomic E-state index is 5.83. The zero-order valence-electron chi connectivity index (χ0n) is 7.94. The number of hydrogen-bond donors (Lipinski definition) is 1. The molecular formula is C10H12ClN3. The number of benzene rings is 1. The van der Waals surface area contributed by atoms with E-state index < -0.39 is 0 Å². The van der Waals surface area contributed by atoms with Crippen LogP contribution >= 0.6 is 11.6 Å². The molecule has 74 valence electrons. The van der Waals surface area contributed by atoms with Gasteiger partial charge in [-0.3, -0.25) is 0 Å². The smallest absolute Gasteiger partial charge is 0.0955 e. The summed E-state index contributed by atoms with van der Waals surface area (Å²) in [7, 11) is 1.97. The van der Waals surface area contributed by atoms with Crippen LogP contribution in [-0.2, 0) is 7.05 Å². The molecule has 0 bridgehead atoms. The molecule has 2 aromatic rings. The van der Waals surface area contributed by atoms with Crippen LogP contribution in [0.5, 0.6) is 0 Å². The van der Waals surface area contributed by atoms with E-state index >= 15 is 0 Å². The van der Waals surface area contributed by atoms with Crippen molar-refractivity contribution in [2.45, 2.75) is 6.04 Å². The van der Waals surface area contributed by atoms with Crippen molar-refractivity contribution in [3.8, 4) is 0 Å². The van der Waals surface area contributed by atoms with Crippen molar-refractivity contribution < 1.29 is 0 Å². The summed E-state index contributed by atoms with van der Waals surface area (Å²) in [4.78, 5) is 4.26. The van der Waals surface area contributed by atoms with Crippen molar-refractivity contribution in [2.24, 2.45) is 12.8 Å². The Hall–Kier alpha value is -1.06. The van der Waals surface area contributed by atoms with Crippen LogP contribution in [-0.4, -0.2) is 15.4 Å². The van der Waals surface area contributed by atoms with E-state index in [1.165, 1.54) is 0 Å². The van der Waals surface area contributed by atoms with Gasteiger partial charge in [0, 0.05) is 19.0 Å². The molecule has 0 fully saturated rings. The van der Waals surface area contributed by atoms with Gasteiger partial charge in [-0.1, -0.05) is 6.07 Å². The monoisotopic (exact) mass is 209 g/mol. The predicted octanol–water partition coefficient (Wildman–Crippen LogP) is 1.81. The fraction of sp³-hybridized carbons (Fsp3) is 0.300. The van der Waals surface area contributed by atoms with E-state index in [4.69, 9.17) is 17.3 Å². The number of alkyl halides is 1. The number of nitrogens with zero attached hydrogens (tertiary/aromatic N) is 2. The first-order valence-electron chi connectivity index (χ1n) is 4.45. The first-order chi connectivity index (χ1) is 6.72. The Morgan fingerprint density at radius 2 is 2.36 bits per heavy atom. The summed E-state index contributed by atoms with van der Waals surface area (Å²) in [6.07, 6.45) is 1.79. The maximum absolute atomic E-state index is 5.83. The van der Waals surface area contributed by atoms with Gasteiger partial charge >= 0.3 is 0 Å². The molecule has 4 heteroatoms. The summed E-state index contributed by atoms with van der Waals surface area (Å²) in [5.41, 5.74) is 8.93. The molecule has 1 heterocycles. The second-order valence-corrected chi connectivity index (χ2v) is 3.67. The third-order valence-electron chi connectivity index (χ3n) is 2.34. The summed E-state index contributed by atoms with van der Waals surface area (Å²) in [5.74, 6) is 0.429. The summed E-state index contributed by atoms with van der Waals surface area (Å²) in [6, 6.07) is 5.90. The molecule has 2 rings (SSSR count). The number of fused-ring (bicyclic) bond motifs is 1. The van der Waals surface area contributed by atoms with Gasteiger partial charge in [0.25, 0.3) is 0 Å². The third-order valence-corrected chi connectivity index (χ3v) is 2.68. The van der Waals surface area contributed by atoms with E-state index in [1.807, 2.05) is 29.8 Å². The molecule has 0 saturated carbocycles. The fourth-order valence-electron chi connectivity index (χ4n) is 1.47. The van der Waals surface area contributed by atoms with Crippen LogP contribution < -0.4 is 5.73 Å². The van der Waals surface area contributed by atoms with Crippen LogP contribution in [0.3, 0.4) is 0 Å².